The number of aryl methyl sites for hydroxylation is 2. The van der Waals surface area contributed by atoms with Crippen LogP contribution in [0, 0.1) is 6.92 Å². The van der Waals surface area contributed by atoms with Crippen molar-refractivity contribution in [1.29, 1.82) is 0 Å². The summed E-state index contributed by atoms with van der Waals surface area (Å²) in [7, 11) is 0. The molecule has 2 aromatic rings. The van der Waals surface area contributed by atoms with Crippen LogP contribution in [0.1, 0.15) is 22.3 Å². The van der Waals surface area contributed by atoms with Crippen molar-refractivity contribution in [2.45, 2.75) is 20.4 Å². The third-order valence-corrected chi connectivity index (χ3v) is 2.98. The molecule has 0 aliphatic carbocycles. The maximum atomic E-state index is 11.7. The molecule has 0 aliphatic rings. The molecule has 2 rings (SSSR count). The lowest BCUT2D eigenvalue weighted by Gasteiger charge is -1.98. The van der Waals surface area contributed by atoms with Crippen molar-refractivity contribution < 1.29 is 9.53 Å². The first-order valence-corrected chi connectivity index (χ1v) is 5.73. The summed E-state index contributed by atoms with van der Waals surface area (Å²) >= 11 is 1.28. The predicted octanol–water partition coefficient (Wildman–Crippen LogP) is 1.89. The fourth-order valence-electron chi connectivity index (χ4n) is 1.22. The number of hydrogen-bond donors (Lipinski definition) is 0. The van der Waals surface area contributed by atoms with Gasteiger partial charge in [0.25, 0.3) is 0 Å². The van der Waals surface area contributed by atoms with Gasteiger partial charge >= 0.3 is 5.97 Å². The number of aromatic nitrogens is 3. The molecule has 0 spiro atoms. The van der Waals surface area contributed by atoms with Gasteiger partial charge in [0, 0.05) is 6.54 Å². The van der Waals surface area contributed by atoms with E-state index in [1.54, 1.807) is 23.3 Å². The molecular formula is C10H11N3O2S. The average Bonchev–Trinajstić information content (AvgIpc) is 2.86. The van der Waals surface area contributed by atoms with Gasteiger partial charge in [0.05, 0.1) is 23.6 Å². The van der Waals surface area contributed by atoms with Crippen molar-refractivity contribution in [2.24, 2.45) is 0 Å². The summed E-state index contributed by atoms with van der Waals surface area (Å²) in [5.41, 5.74) is 2.32. The summed E-state index contributed by atoms with van der Waals surface area (Å²) in [6.45, 7) is 4.49. The van der Waals surface area contributed by atoms with Crippen LogP contribution >= 0.6 is 11.3 Å². The monoisotopic (exact) mass is 237 g/mol. The number of nitrogens with zero attached hydrogens (tertiary/aromatic N) is 3. The summed E-state index contributed by atoms with van der Waals surface area (Å²) in [6.07, 6.45) is 3.21. The first kappa shape index (κ1) is 10.8. The van der Waals surface area contributed by atoms with E-state index < -0.39 is 0 Å². The zero-order valence-electron chi connectivity index (χ0n) is 9.01. The molecule has 0 atom stereocenters. The predicted molar refractivity (Wildman–Crippen MR) is 59.7 cm³/mol. The third kappa shape index (κ3) is 2.11. The molecule has 2 aromatic heterocycles. The van der Waals surface area contributed by atoms with Crippen molar-refractivity contribution in [2.75, 3.05) is 0 Å². The van der Waals surface area contributed by atoms with Gasteiger partial charge in [-0.25, -0.2) is 9.78 Å². The zero-order chi connectivity index (χ0) is 11.5. The van der Waals surface area contributed by atoms with Crippen LogP contribution in [0.3, 0.4) is 0 Å². The Hall–Kier alpha value is -1.69. The Labute approximate surface area is 96.7 Å². The van der Waals surface area contributed by atoms with Crippen molar-refractivity contribution in [3.8, 4) is 5.75 Å². The fraction of sp³-hybridized carbons (Fsp3) is 0.300. The topological polar surface area (TPSA) is 57.0 Å². The second-order valence-corrected chi connectivity index (χ2v) is 4.04. The molecule has 0 aliphatic heterocycles. The fourth-order valence-corrected chi connectivity index (χ4v) is 1.90. The molecular weight excluding hydrogens is 226 g/mol. The van der Waals surface area contributed by atoms with E-state index in [0.29, 0.717) is 16.3 Å². The molecule has 0 saturated heterocycles. The summed E-state index contributed by atoms with van der Waals surface area (Å²) in [6, 6.07) is 0. The second kappa shape index (κ2) is 4.44. The Morgan fingerprint density at radius 1 is 1.62 bits per heavy atom. The highest BCUT2D eigenvalue weighted by Gasteiger charge is 2.14. The Morgan fingerprint density at radius 3 is 3.00 bits per heavy atom. The summed E-state index contributed by atoms with van der Waals surface area (Å²) < 4.78 is 6.87. The summed E-state index contributed by atoms with van der Waals surface area (Å²) in [4.78, 5) is 16.2. The van der Waals surface area contributed by atoms with Crippen LogP contribution in [0.5, 0.6) is 5.75 Å². The van der Waals surface area contributed by atoms with Crippen LogP contribution in [-0.4, -0.2) is 20.7 Å². The quantitative estimate of drug-likeness (QED) is 0.765. The highest BCUT2D eigenvalue weighted by Crippen LogP contribution is 2.16. The molecule has 0 radical (unpaired) electrons. The van der Waals surface area contributed by atoms with E-state index in [2.05, 4.69) is 10.1 Å². The molecule has 5 nitrogen and oxygen atoms in total. The highest BCUT2D eigenvalue weighted by atomic mass is 32.1. The molecule has 0 fully saturated rings. The number of rotatable bonds is 3. The lowest BCUT2D eigenvalue weighted by Crippen LogP contribution is -2.07. The molecule has 16 heavy (non-hydrogen) atoms. The Morgan fingerprint density at radius 2 is 2.44 bits per heavy atom. The second-order valence-electron chi connectivity index (χ2n) is 3.19. The Balaban J connectivity index is 2.11. The largest absolute Gasteiger partial charge is 0.419 e. The number of ether oxygens (including phenoxy) is 1. The molecule has 84 valence electrons. The zero-order valence-corrected chi connectivity index (χ0v) is 9.82. The first-order chi connectivity index (χ1) is 7.70. The van der Waals surface area contributed by atoms with Gasteiger partial charge in [0.2, 0.25) is 0 Å². The van der Waals surface area contributed by atoms with Gasteiger partial charge in [-0.3, -0.25) is 4.68 Å². The number of carbonyl (C=O) groups excluding carboxylic acids is 1. The normalized spacial score (nSPS) is 10.4. The van der Waals surface area contributed by atoms with Crippen LogP contribution in [0.15, 0.2) is 17.9 Å². The van der Waals surface area contributed by atoms with E-state index in [0.717, 1.165) is 6.54 Å². The van der Waals surface area contributed by atoms with Crippen LogP contribution in [-0.2, 0) is 6.54 Å². The molecule has 0 aromatic carbocycles. The SMILES string of the molecule is CCn1cc(OC(=O)c2scnc2C)cn1. The minimum Gasteiger partial charge on any atom is -0.419 e. The van der Waals surface area contributed by atoms with Gasteiger partial charge in [0.1, 0.15) is 4.88 Å². The van der Waals surface area contributed by atoms with Crippen molar-refractivity contribution in [3.05, 3.63) is 28.5 Å². The first-order valence-electron chi connectivity index (χ1n) is 4.85. The van der Waals surface area contributed by atoms with Gasteiger partial charge in [-0.05, 0) is 13.8 Å². The van der Waals surface area contributed by atoms with Crippen LogP contribution in [0.4, 0.5) is 0 Å². The van der Waals surface area contributed by atoms with Crippen LogP contribution in [0.25, 0.3) is 0 Å². The van der Waals surface area contributed by atoms with Crippen molar-refractivity contribution >= 4 is 17.3 Å². The molecule has 6 heteroatoms. The lowest BCUT2D eigenvalue weighted by molar-refractivity contribution is 0.0738. The average molecular weight is 237 g/mol. The van der Waals surface area contributed by atoms with Gasteiger partial charge in [-0.15, -0.1) is 11.3 Å². The minimum atomic E-state index is -0.379. The van der Waals surface area contributed by atoms with E-state index in [9.17, 15) is 4.79 Å². The number of esters is 1. The minimum absolute atomic E-state index is 0.379. The molecule has 0 unspecified atom stereocenters. The summed E-state index contributed by atoms with van der Waals surface area (Å²) in [5.74, 6) is 0.0790. The van der Waals surface area contributed by atoms with Gasteiger partial charge < -0.3 is 4.74 Å². The molecule has 0 bridgehead atoms. The number of carbonyl (C=O) groups is 1. The van der Waals surface area contributed by atoms with Crippen molar-refractivity contribution in [3.63, 3.8) is 0 Å². The molecule has 2 heterocycles. The van der Waals surface area contributed by atoms with Gasteiger partial charge in [0.15, 0.2) is 5.75 Å². The van der Waals surface area contributed by atoms with Crippen LogP contribution < -0.4 is 4.74 Å². The maximum absolute atomic E-state index is 11.7. The smallest absolute Gasteiger partial charge is 0.355 e. The van der Waals surface area contributed by atoms with E-state index in [1.165, 1.54) is 17.5 Å². The molecule has 0 N–H and O–H groups in total. The van der Waals surface area contributed by atoms with E-state index in [4.69, 9.17) is 4.74 Å². The number of hydrogen-bond acceptors (Lipinski definition) is 5. The van der Waals surface area contributed by atoms with E-state index in [-0.39, 0.29) is 5.97 Å². The molecule has 0 amide bonds. The van der Waals surface area contributed by atoms with Gasteiger partial charge in [-0.1, -0.05) is 0 Å². The third-order valence-electron chi connectivity index (χ3n) is 2.08. The highest BCUT2D eigenvalue weighted by molar-refractivity contribution is 7.11. The Bertz CT molecular complexity index is 504. The standard InChI is InChI=1S/C10H11N3O2S/c1-3-13-5-8(4-12-13)15-10(14)9-7(2)11-6-16-9/h4-6H,3H2,1-2H3. The summed E-state index contributed by atoms with van der Waals surface area (Å²) in [5, 5.41) is 4.02. The molecule has 0 saturated carbocycles. The van der Waals surface area contributed by atoms with Gasteiger partial charge in [-0.2, -0.15) is 5.10 Å². The maximum Gasteiger partial charge on any atom is 0.355 e. The lowest BCUT2D eigenvalue weighted by atomic mass is 10.4. The number of thiazole rings is 1. The Kier molecular flexibility index (Phi) is 3.00. The van der Waals surface area contributed by atoms with E-state index >= 15 is 0 Å². The van der Waals surface area contributed by atoms with Crippen LogP contribution in [0.2, 0.25) is 0 Å². The van der Waals surface area contributed by atoms with Crippen molar-refractivity contribution in [1.82, 2.24) is 14.8 Å². The van der Waals surface area contributed by atoms with E-state index in [1.807, 2.05) is 6.92 Å².